The number of aryl methyl sites for hydroxylation is 1. The highest BCUT2D eigenvalue weighted by molar-refractivity contribution is 9.10. The zero-order valence-corrected chi connectivity index (χ0v) is 13.2. The van der Waals surface area contributed by atoms with Crippen LogP contribution in [-0.2, 0) is 0 Å². The van der Waals surface area contributed by atoms with Gasteiger partial charge in [-0.3, -0.25) is 0 Å². The van der Waals surface area contributed by atoms with Crippen molar-refractivity contribution in [1.29, 1.82) is 0 Å². The Labute approximate surface area is 121 Å². The van der Waals surface area contributed by atoms with Crippen LogP contribution in [0.25, 0.3) is 10.6 Å². The minimum atomic E-state index is 0.366. The van der Waals surface area contributed by atoms with Crippen LogP contribution in [-0.4, -0.2) is 11.5 Å². The highest BCUT2D eigenvalue weighted by Gasteiger charge is 2.11. The Bertz CT molecular complexity index is 536. The minimum Gasteiger partial charge on any atom is -0.310 e. The first-order valence-electron chi connectivity index (χ1n) is 6.07. The molecule has 1 N–H and O–H groups in total. The normalized spacial score (nSPS) is 12.7. The molecule has 0 spiro atoms. The summed E-state index contributed by atoms with van der Waals surface area (Å²) in [6, 6.07) is 6.74. The molecule has 1 aromatic heterocycles. The molecule has 0 fully saturated rings. The molecule has 2 nitrogen and oxygen atoms in total. The van der Waals surface area contributed by atoms with Gasteiger partial charge in [0.15, 0.2) is 0 Å². The van der Waals surface area contributed by atoms with Crippen LogP contribution in [0.3, 0.4) is 0 Å². The molecule has 1 atom stereocenters. The molecule has 0 aliphatic heterocycles. The molecule has 0 amide bonds. The second-order valence-electron chi connectivity index (χ2n) is 4.33. The lowest BCUT2D eigenvalue weighted by atomic mass is 10.2. The number of nitrogens with zero attached hydrogens (tertiary/aromatic N) is 1. The van der Waals surface area contributed by atoms with E-state index >= 15 is 0 Å². The second-order valence-corrected chi connectivity index (χ2v) is 6.25. The van der Waals surface area contributed by atoms with E-state index in [9.17, 15) is 0 Å². The van der Waals surface area contributed by atoms with Crippen LogP contribution in [0.4, 0.5) is 0 Å². The summed E-state index contributed by atoms with van der Waals surface area (Å²) >= 11 is 5.36. The summed E-state index contributed by atoms with van der Waals surface area (Å²) in [4.78, 5) is 5.81. The molecule has 96 valence electrons. The van der Waals surface area contributed by atoms with Crippen molar-refractivity contribution in [2.45, 2.75) is 26.8 Å². The average molecular weight is 325 g/mol. The fourth-order valence-electron chi connectivity index (χ4n) is 1.81. The van der Waals surface area contributed by atoms with E-state index in [-0.39, 0.29) is 0 Å². The number of rotatable bonds is 4. The van der Waals surface area contributed by atoms with E-state index in [1.54, 1.807) is 11.3 Å². The first-order chi connectivity index (χ1) is 8.61. The Morgan fingerprint density at radius 3 is 2.89 bits per heavy atom. The number of thiazole rings is 1. The third kappa shape index (κ3) is 2.99. The lowest BCUT2D eigenvalue weighted by molar-refractivity contribution is 0.606. The van der Waals surface area contributed by atoms with E-state index in [0.717, 1.165) is 16.0 Å². The standard InChI is InChI=1S/C14H17BrN2S/c1-4-16-10(3)13-8-17-14(18-13)11-6-5-9(2)7-12(11)15/h5-8,10,16H,4H2,1-3H3. The fourth-order valence-corrected chi connectivity index (χ4v) is 3.61. The summed E-state index contributed by atoms with van der Waals surface area (Å²) in [5, 5.41) is 4.48. The molecule has 4 heteroatoms. The molecular weight excluding hydrogens is 308 g/mol. The summed E-state index contributed by atoms with van der Waals surface area (Å²) in [7, 11) is 0. The van der Waals surface area contributed by atoms with Gasteiger partial charge in [0.25, 0.3) is 0 Å². The van der Waals surface area contributed by atoms with E-state index < -0.39 is 0 Å². The third-order valence-electron chi connectivity index (χ3n) is 2.82. The summed E-state index contributed by atoms with van der Waals surface area (Å²) in [5.74, 6) is 0. The molecule has 0 aliphatic carbocycles. The topological polar surface area (TPSA) is 24.9 Å². The SMILES string of the molecule is CCNC(C)c1cnc(-c2ccc(C)cc2Br)s1. The maximum atomic E-state index is 4.53. The van der Waals surface area contributed by atoms with Gasteiger partial charge in [-0.2, -0.15) is 0 Å². The minimum absolute atomic E-state index is 0.366. The molecule has 0 saturated heterocycles. The Morgan fingerprint density at radius 2 is 2.22 bits per heavy atom. The van der Waals surface area contributed by atoms with Crippen molar-refractivity contribution in [2.75, 3.05) is 6.54 Å². The van der Waals surface area contributed by atoms with Crippen LogP contribution in [0.15, 0.2) is 28.9 Å². The van der Waals surface area contributed by atoms with Crippen LogP contribution < -0.4 is 5.32 Å². The van der Waals surface area contributed by atoms with E-state index in [1.165, 1.54) is 16.0 Å². The zero-order valence-electron chi connectivity index (χ0n) is 10.8. The van der Waals surface area contributed by atoms with Crippen LogP contribution in [0.2, 0.25) is 0 Å². The van der Waals surface area contributed by atoms with Crippen molar-refractivity contribution < 1.29 is 0 Å². The summed E-state index contributed by atoms with van der Waals surface area (Å²) in [6.45, 7) is 7.36. The lowest BCUT2D eigenvalue weighted by Crippen LogP contribution is -2.16. The van der Waals surface area contributed by atoms with Crippen LogP contribution >= 0.6 is 27.3 Å². The maximum Gasteiger partial charge on any atom is 0.124 e. The Kier molecular flexibility index (Phi) is 4.54. The van der Waals surface area contributed by atoms with Crippen LogP contribution in [0.5, 0.6) is 0 Å². The largest absolute Gasteiger partial charge is 0.310 e. The Hall–Kier alpha value is -0.710. The van der Waals surface area contributed by atoms with Crippen molar-refractivity contribution >= 4 is 27.3 Å². The van der Waals surface area contributed by atoms with Crippen molar-refractivity contribution in [3.8, 4) is 10.6 Å². The van der Waals surface area contributed by atoms with Gasteiger partial charge in [0.05, 0.1) is 0 Å². The van der Waals surface area contributed by atoms with Crippen molar-refractivity contribution in [3.05, 3.63) is 39.3 Å². The second kappa shape index (κ2) is 5.95. The third-order valence-corrected chi connectivity index (χ3v) is 4.69. The highest BCUT2D eigenvalue weighted by Crippen LogP contribution is 2.33. The quantitative estimate of drug-likeness (QED) is 0.892. The number of halogens is 1. The molecule has 0 bridgehead atoms. The molecule has 2 aromatic rings. The van der Waals surface area contributed by atoms with Gasteiger partial charge < -0.3 is 5.32 Å². The van der Waals surface area contributed by atoms with Gasteiger partial charge in [-0.05, 0) is 32.0 Å². The van der Waals surface area contributed by atoms with Crippen LogP contribution in [0.1, 0.15) is 30.3 Å². The van der Waals surface area contributed by atoms with Crippen LogP contribution in [0, 0.1) is 6.92 Å². The molecule has 18 heavy (non-hydrogen) atoms. The molecule has 1 aromatic carbocycles. The Balaban J connectivity index is 2.29. The maximum absolute atomic E-state index is 4.53. The molecule has 1 heterocycles. The van der Waals surface area contributed by atoms with E-state index in [4.69, 9.17) is 0 Å². The Morgan fingerprint density at radius 1 is 1.44 bits per heavy atom. The lowest BCUT2D eigenvalue weighted by Gasteiger charge is -2.08. The highest BCUT2D eigenvalue weighted by atomic mass is 79.9. The van der Waals surface area contributed by atoms with Gasteiger partial charge in [0, 0.05) is 27.2 Å². The molecule has 0 radical (unpaired) electrons. The van der Waals surface area contributed by atoms with Crippen molar-refractivity contribution in [3.63, 3.8) is 0 Å². The van der Waals surface area contributed by atoms with Gasteiger partial charge in [-0.15, -0.1) is 11.3 Å². The number of hydrogen-bond donors (Lipinski definition) is 1. The predicted octanol–water partition coefficient (Wildman–Crippen LogP) is 4.55. The van der Waals surface area contributed by atoms with Crippen molar-refractivity contribution in [1.82, 2.24) is 10.3 Å². The average Bonchev–Trinajstić information content (AvgIpc) is 2.78. The first kappa shape index (κ1) is 13.7. The van der Waals surface area contributed by atoms with E-state index in [0.29, 0.717) is 6.04 Å². The van der Waals surface area contributed by atoms with Gasteiger partial charge in [-0.25, -0.2) is 4.98 Å². The number of hydrogen-bond acceptors (Lipinski definition) is 3. The molecule has 2 rings (SSSR count). The van der Waals surface area contributed by atoms with Gasteiger partial charge in [0.1, 0.15) is 5.01 Å². The molecule has 0 saturated carbocycles. The summed E-state index contributed by atoms with van der Waals surface area (Å²) in [6.07, 6.45) is 1.97. The van der Waals surface area contributed by atoms with E-state index in [2.05, 4.69) is 65.2 Å². The predicted molar refractivity (Wildman–Crippen MR) is 82.1 cm³/mol. The van der Waals surface area contributed by atoms with Gasteiger partial charge in [0.2, 0.25) is 0 Å². The van der Waals surface area contributed by atoms with Gasteiger partial charge >= 0.3 is 0 Å². The molecule has 0 aliphatic rings. The first-order valence-corrected chi connectivity index (χ1v) is 7.68. The molecular formula is C14H17BrN2S. The number of nitrogens with one attached hydrogen (secondary N) is 1. The smallest absolute Gasteiger partial charge is 0.124 e. The zero-order chi connectivity index (χ0) is 13.1. The van der Waals surface area contributed by atoms with Crippen molar-refractivity contribution in [2.24, 2.45) is 0 Å². The summed E-state index contributed by atoms with van der Waals surface area (Å²) in [5.41, 5.74) is 2.42. The number of benzene rings is 1. The number of aromatic nitrogens is 1. The van der Waals surface area contributed by atoms with E-state index in [1.807, 2.05) is 6.20 Å². The monoisotopic (exact) mass is 324 g/mol. The summed E-state index contributed by atoms with van der Waals surface area (Å²) < 4.78 is 1.11. The van der Waals surface area contributed by atoms with Gasteiger partial charge in [-0.1, -0.05) is 35.0 Å². The fraction of sp³-hybridized carbons (Fsp3) is 0.357. The molecule has 1 unspecified atom stereocenters.